The number of hydrogen-bond donors (Lipinski definition) is 2. The summed E-state index contributed by atoms with van der Waals surface area (Å²) in [6.45, 7) is 6.35. The van der Waals surface area contributed by atoms with E-state index in [-0.39, 0.29) is 12.4 Å². The molecule has 0 radical (unpaired) electrons. The minimum Gasteiger partial charge on any atom is -0.508 e. The van der Waals surface area contributed by atoms with Crippen LogP contribution in [0.1, 0.15) is 12.5 Å². The Balaban J connectivity index is 0.00000128. The van der Waals surface area contributed by atoms with Gasteiger partial charge in [-0.15, -0.1) is 12.4 Å². The number of rotatable bonds is 2. The monoisotopic (exact) mass is 242 g/mol. The summed E-state index contributed by atoms with van der Waals surface area (Å²) in [5, 5.41) is 12.7. The minimum atomic E-state index is 0. The third-order valence-corrected chi connectivity index (χ3v) is 2.94. The zero-order valence-electron chi connectivity index (χ0n) is 9.52. The van der Waals surface area contributed by atoms with Gasteiger partial charge in [-0.3, -0.25) is 4.90 Å². The van der Waals surface area contributed by atoms with Crippen LogP contribution in [0.5, 0.6) is 5.75 Å². The molecule has 1 fully saturated rings. The molecule has 2 rings (SSSR count). The number of halogens is 1. The fourth-order valence-electron chi connectivity index (χ4n) is 2.01. The molecule has 2 N–H and O–H groups in total. The molecule has 1 aliphatic rings. The molecule has 1 aromatic rings. The molecule has 0 aromatic heterocycles. The molecule has 90 valence electrons. The van der Waals surface area contributed by atoms with Gasteiger partial charge in [0.25, 0.3) is 0 Å². The highest BCUT2D eigenvalue weighted by molar-refractivity contribution is 5.85. The molecule has 3 nitrogen and oxygen atoms in total. The van der Waals surface area contributed by atoms with Crippen molar-refractivity contribution in [2.75, 3.05) is 19.6 Å². The molecular formula is C12H19ClN2O. The van der Waals surface area contributed by atoms with Crippen LogP contribution in [0, 0.1) is 0 Å². The van der Waals surface area contributed by atoms with Crippen molar-refractivity contribution in [3.05, 3.63) is 29.8 Å². The van der Waals surface area contributed by atoms with Gasteiger partial charge in [0, 0.05) is 32.2 Å². The van der Waals surface area contributed by atoms with Crippen LogP contribution in [-0.2, 0) is 6.54 Å². The van der Waals surface area contributed by atoms with Crippen molar-refractivity contribution in [1.82, 2.24) is 10.2 Å². The second-order valence-electron chi connectivity index (χ2n) is 4.19. The fraction of sp³-hybridized carbons (Fsp3) is 0.500. The summed E-state index contributed by atoms with van der Waals surface area (Å²) in [6, 6.07) is 8.09. The lowest BCUT2D eigenvalue weighted by molar-refractivity contribution is 0.165. The van der Waals surface area contributed by atoms with Gasteiger partial charge in [0.15, 0.2) is 0 Å². The Morgan fingerprint density at radius 1 is 1.50 bits per heavy atom. The van der Waals surface area contributed by atoms with E-state index in [9.17, 15) is 5.11 Å². The first-order chi connectivity index (χ1) is 7.25. The highest BCUT2D eigenvalue weighted by Crippen LogP contribution is 2.14. The highest BCUT2D eigenvalue weighted by Gasteiger charge is 2.17. The molecule has 0 aliphatic carbocycles. The van der Waals surface area contributed by atoms with Crippen molar-refractivity contribution < 1.29 is 5.11 Å². The maximum atomic E-state index is 9.38. The quantitative estimate of drug-likeness (QED) is 0.827. The number of nitrogens with one attached hydrogen (secondary N) is 1. The molecule has 0 unspecified atom stereocenters. The Kier molecular flexibility index (Phi) is 5.06. The van der Waals surface area contributed by atoms with Crippen LogP contribution in [0.2, 0.25) is 0 Å². The molecule has 0 bridgehead atoms. The zero-order chi connectivity index (χ0) is 10.7. The Morgan fingerprint density at radius 3 is 3.00 bits per heavy atom. The number of piperazine rings is 1. The Bertz CT molecular complexity index is 333. The molecule has 0 amide bonds. The molecule has 1 aliphatic heterocycles. The van der Waals surface area contributed by atoms with Crippen molar-refractivity contribution in [2.24, 2.45) is 0 Å². The van der Waals surface area contributed by atoms with Crippen molar-refractivity contribution in [2.45, 2.75) is 19.5 Å². The molecule has 1 aromatic carbocycles. The van der Waals surface area contributed by atoms with Crippen molar-refractivity contribution in [3.63, 3.8) is 0 Å². The molecule has 1 heterocycles. The third-order valence-electron chi connectivity index (χ3n) is 2.94. The summed E-state index contributed by atoms with van der Waals surface area (Å²) < 4.78 is 0. The zero-order valence-corrected chi connectivity index (χ0v) is 10.3. The van der Waals surface area contributed by atoms with Gasteiger partial charge >= 0.3 is 0 Å². The topological polar surface area (TPSA) is 35.5 Å². The number of aromatic hydroxyl groups is 1. The van der Waals surface area contributed by atoms with E-state index < -0.39 is 0 Å². The van der Waals surface area contributed by atoms with Gasteiger partial charge in [0.05, 0.1) is 0 Å². The van der Waals surface area contributed by atoms with Crippen molar-refractivity contribution in [3.8, 4) is 5.75 Å². The first-order valence-electron chi connectivity index (χ1n) is 5.48. The summed E-state index contributed by atoms with van der Waals surface area (Å²) in [4.78, 5) is 2.44. The summed E-state index contributed by atoms with van der Waals surface area (Å²) in [7, 11) is 0. The summed E-state index contributed by atoms with van der Waals surface area (Å²) in [5.41, 5.74) is 1.18. The average molecular weight is 243 g/mol. The van der Waals surface area contributed by atoms with Gasteiger partial charge in [-0.25, -0.2) is 0 Å². The van der Waals surface area contributed by atoms with Gasteiger partial charge in [-0.2, -0.15) is 0 Å². The summed E-state index contributed by atoms with van der Waals surface area (Å²) in [5.74, 6) is 0.357. The Labute approximate surface area is 103 Å². The standard InChI is InChI=1S/C12H18N2O.ClH/c1-10-8-13-5-6-14(10)9-11-3-2-4-12(15)7-11;/h2-4,7,10,13,15H,5-6,8-9H2,1H3;1H/t10-;/m0./s1. The maximum Gasteiger partial charge on any atom is 0.115 e. The van der Waals surface area contributed by atoms with E-state index in [0.29, 0.717) is 11.8 Å². The first-order valence-corrected chi connectivity index (χ1v) is 5.48. The minimum absolute atomic E-state index is 0. The fourth-order valence-corrected chi connectivity index (χ4v) is 2.01. The molecule has 0 spiro atoms. The van der Waals surface area contributed by atoms with E-state index in [0.717, 1.165) is 26.2 Å². The lowest BCUT2D eigenvalue weighted by Gasteiger charge is -2.33. The SMILES string of the molecule is C[C@H]1CNCCN1Cc1cccc(O)c1.Cl. The molecule has 1 atom stereocenters. The van der Waals surface area contributed by atoms with Crippen LogP contribution in [0.25, 0.3) is 0 Å². The Morgan fingerprint density at radius 2 is 2.31 bits per heavy atom. The average Bonchev–Trinajstić information content (AvgIpc) is 2.22. The smallest absolute Gasteiger partial charge is 0.115 e. The van der Waals surface area contributed by atoms with E-state index in [2.05, 4.69) is 23.2 Å². The maximum absolute atomic E-state index is 9.38. The van der Waals surface area contributed by atoms with Gasteiger partial charge in [0.1, 0.15) is 5.75 Å². The first kappa shape index (κ1) is 13.3. The molecule has 1 saturated heterocycles. The Hall–Kier alpha value is -0.770. The van der Waals surface area contributed by atoms with Crippen LogP contribution >= 0.6 is 12.4 Å². The van der Waals surface area contributed by atoms with E-state index in [1.807, 2.05) is 12.1 Å². The number of nitrogens with zero attached hydrogens (tertiary/aromatic N) is 1. The number of hydrogen-bond acceptors (Lipinski definition) is 3. The van der Waals surface area contributed by atoms with Crippen LogP contribution in [-0.4, -0.2) is 35.7 Å². The van der Waals surface area contributed by atoms with E-state index in [1.165, 1.54) is 5.56 Å². The highest BCUT2D eigenvalue weighted by atomic mass is 35.5. The van der Waals surface area contributed by atoms with E-state index in [4.69, 9.17) is 0 Å². The van der Waals surface area contributed by atoms with E-state index >= 15 is 0 Å². The van der Waals surface area contributed by atoms with Crippen molar-refractivity contribution >= 4 is 12.4 Å². The summed E-state index contributed by atoms with van der Waals surface area (Å²) >= 11 is 0. The van der Waals surface area contributed by atoms with Gasteiger partial charge < -0.3 is 10.4 Å². The van der Waals surface area contributed by atoms with Gasteiger partial charge in [-0.05, 0) is 24.6 Å². The van der Waals surface area contributed by atoms with Gasteiger partial charge in [-0.1, -0.05) is 12.1 Å². The lowest BCUT2D eigenvalue weighted by Crippen LogP contribution is -2.49. The second kappa shape index (κ2) is 6.09. The lowest BCUT2D eigenvalue weighted by atomic mass is 10.1. The van der Waals surface area contributed by atoms with E-state index in [1.54, 1.807) is 6.07 Å². The predicted molar refractivity (Wildman–Crippen MR) is 68.1 cm³/mol. The van der Waals surface area contributed by atoms with Crippen LogP contribution < -0.4 is 5.32 Å². The van der Waals surface area contributed by atoms with Gasteiger partial charge in [0.2, 0.25) is 0 Å². The number of benzene rings is 1. The normalized spacial score (nSPS) is 21.4. The van der Waals surface area contributed by atoms with Crippen LogP contribution in [0.4, 0.5) is 0 Å². The summed E-state index contributed by atoms with van der Waals surface area (Å²) in [6.07, 6.45) is 0. The number of phenolic OH excluding ortho intramolecular Hbond substituents is 1. The largest absolute Gasteiger partial charge is 0.508 e. The van der Waals surface area contributed by atoms with Crippen LogP contribution in [0.3, 0.4) is 0 Å². The molecule has 16 heavy (non-hydrogen) atoms. The molecule has 0 saturated carbocycles. The predicted octanol–water partition coefficient (Wildman–Crippen LogP) is 1.61. The third kappa shape index (κ3) is 3.37. The second-order valence-corrected chi connectivity index (χ2v) is 4.19. The number of phenols is 1. The molecular weight excluding hydrogens is 224 g/mol. The molecule has 4 heteroatoms. The van der Waals surface area contributed by atoms with Crippen molar-refractivity contribution in [1.29, 1.82) is 0 Å². The van der Waals surface area contributed by atoms with Crippen LogP contribution in [0.15, 0.2) is 24.3 Å².